The molecule has 2 N–H and O–H groups in total. The van der Waals surface area contributed by atoms with Gasteiger partial charge in [-0.05, 0) is 40.2 Å². The number of rotatable bonds is 11. The van der Waals surface area contributed by atoms with Crippen LogP contribution in [-0.2, 0) is 20.5 Å². The lowest BCUT2D eigenvalue weighted by atomic mass is 10.0. The fraction of sp³-hybridized carbons (Fsp3) is 0.412. The van der Waals surface area contributed by atoms with Crippen molar-refractivity contribution < 1.29 is 24.1 Å². The van der Waals surface area contributed by atoms with Crippen molar-refractivity contribution in [3.63, 3.8) is 0 Å². The zero-order valence-electron chi connectivity index (χ0n) is 24.0. The Balaban J connectivity index is 1.60. The third-order valence-corrected chi connectivity index (χ3v) is 12.8. The van der Waals surface area contributed by atoms with Crippen LogP contribution in [0.5, 0.6) is 0 Å². The van der Waals surface area contributed by atoms with E-state index in [0.717, 1.165) is 5.56 Å². The summed E-state index contributed by atoms with van der Waals surface area (Å²) in [5.41, 5.74) is 1.10. The Labute approximate surface area is 240 Å². The molecule has 1 heterocycles. The second kappa shape index (κ2) is 14.4. The standard InChI is InChI=1S/C34H44O5Si/c1-34(2,3)40(28-17-9-5-10-18-28,29-19-11-6-12-20-29)38-24-23-33-32(37-26-27-15-7-4-8-16-27)22-14-13-21-31(39-33)30(36)25-35/h4-20,30-33,35-36H,21-26H2,1-3H3/b14-13-/t30-,31+,32+,33+/m1/s1. The molecule has 0 amide bonds. The first kappa shape index (κ1) is 30.4. The lowest BCUT2D eigenvalue weighted by Gasteiger charge is -2.43. The molecule has 0 fully saturated rings. The van der Waals surface area contributed by atoms with Gasteiger partial charge in [-0.25, -0.2) is 0 Å². The van der Waals surface area contributed by atoms with E-state index in [0.29, 0.717) is 32.5 Å². The molecule has 0 radical (unpaired) electrons. The molecular formula is C34H44O5Si. The molecule has 0 saturated heterocycles. The van der Waals surface area contributed by atoms with Crippen LogP contribution in [0.2, 0.25) is 5.04 Å². The summed E-state index contributed by atoms with van der Waals surface area (Å²) in [5.74, 6) is 0. The molecule has 0 aliphatic carbocycles. The summed E-state index contributed by atoms with van der Waals surface area (Å²) in [6, 6.07) is 31.4. The predicted octanol–water partition coefficient (Wildman–Crippen LogP) is 5.00. The van der Waals surface area contributed by atoms with Crippen LogP contribution in [0.15, 0.2) is 103 Å². The van der Waals surface area contributed by atoms with Crippen LogP contribution in [-0.4, -0.2) is 56.2 Å². The molecule has 0 unspecified atom stereocenters. The van der Waals surface area contributed by atoms with Crippen molar-refractivity contribution in [1.82, 2.24) is 0 Å². The highest BCUT2D eigenvalue weighted by Gasteiger charge is 2.50. The lowest BCUT2D eigenvalue weighted by molar-refractivity contribution is -0.145. The van der Waals surface area contributed by atoms with E-state index in [2.05, 4.69) is 87.5 Å². The molecule has 1 aliphatic heterocycles. The number of benzene rings is 3. The maximum absolute atomic E-state index is 10.5. The highest BCUT2D eigenvalue weighted by atomic mass is 28.4. The van der Waals surface area contributed by atoms with Crippen LogP contribution >= 0.6 is 0 Å². The van der Waals surface area contributed by atoms with Crippen molar-refractivity contribution >= 4 is 18.7 Å². The number of aliphatic hydroxyl groups is 2. The van der Waals surface area contributed by atoms with Gasteiger partial charge in [-0.2, -0.15) is 0 Å². The molecular weight excluding hydrogens is 516 g/mol. The highest BCUT2D eigenvalue weighted by molar-refractivity contribution is 6.99. The minimum Gasteiger partial charge on any atom is -0.407 e. The minimum atomic E-state index is -2.69. The molecule has 3 aromatic rings. The van der Waals surface area contributed by atoms with Gasteiger partial charge in [0.1, 0.15) is 6.10 Å². The molecule has 4 atom stereocenters. The fourth-order valence-corrected chi connectivity index (χ4v) is 10.2. The Bertz CT molecular complexity index is 1120. The normalized spacial score (nSPS) is 21.8. The average molecular weight is 561 g/mol. The van der Waals surface area contributed by atoms with Gasteiger partial charge in [0.05, 0.1) is 31.5 Å². The minimum absolute atomic E-state index is 0.126. The zero-order valence-corrected chi connectivity index (χ0v) is 25.0. The van der Waals surface area contributed by atoms with Gasteiger partial charge in [0.2, 0.25) is 0 Å². The van der Waals surface area contributed by atoms with Gasteiger partial charge in [-0.15, -0.1) is 0 Å². The summed E-state index contributed by atoms with van der Waals surface area (Å²) < 4.78 is 20.1. The van der Waals surface area contributed by atoms with Crippen molar-refractivity contribution in [2.45, 2.75) is 76.1 Å². The van der Waals surface area contributed by atoms with Gasteiger partial charge in [-0.1, -0.05) is 124 Å². The molecule has 1 aliphatic rings. The molecule has 0 saturated carbocycles. The molecule has 5 nitrogen and oxygen atoms in total. The van der Waals surface area contributed by atoms with E-state index in [9.17, 15) is 10.2 Å². The zero-order chi connectivity index (χ0) is 28.4. The van der Waals surface area contributed by atoms with Gasteiger partial charge in [0.25, 0.3) is 8.32 Å². The van der Waals surface area contributed by atoms with E-state index in [-0.39, 0.29) is 23.9 Å². The summed E-state index contributed by atoms with van der Waals surface area (Å²) in [6.45, 7) is 7.43. The smallest absolute Gasteiger partial charge is 0.261 e. The Morgan fingerprint density at radius 3 is 1.95 bits per heavy atom. The molecule has 3 aromatic carbocycles. The van der Waals surface area contributed by atoms with E-state index in [1.54, 1.807) is 0 Å². The third-order valence-electron chi connectivity index (χ3n) is 7.73. The van der Waals surface area contributed by atoms with Crippen molar-refractivity contribution in [1.29, 1.82) is 0 Å². The van der Waals surface area contributed by atoms with Crippen molar-refractivity contribution in [3.8, 4) is 0 Å². The van der Waals surface area contributed by atoms with Crippen molar-refractivity contribution in [2.75, 3.05) is 13.2 Å². The number of ether oxygens (including phenoxy) is 2. The van der Waals surface area contributed by atoms with E-state index in [1.807, 2.05) is 36.4 Å². The second-order valence-electron chi connectivity index (χ2n) is 11.5. The number of hydrogen-bond donors (Lipinski definition) is 2. The van der Waals surface area contributed by atoms with E-state index in [4.69, 9.17) is 13.9 Å². The molecule has 0 aromatic heterocycles. The highest BCUT2D eigenvalue weighted by Crippen LogP contribution is 2.37. The van der Waals surface area contributed by atoms with Crippen LogP contribution in [0.3, 0.4) is 0 Å². The third kappa shape index (κ3) is 7.38. The van der Waals surface area contributed by atoms with Gasteiger partial charge in [0.15, 0.2) is 0 Å². The maximum atomic E-state index is 10.5. The van der Waals surface area contributed by atoms with Crippen molar-refractivity contribution in [2.24, 2.45) is 0 Å². The summed E-state index contributed by atoms with van der Waals surface area (Å²) >= 11 is 0. The Morgan fingerprint density at radius 1 is 0.850 bits per heavy atom. The SMILES string of the molecule is CC(C)(C)[Si](OCC[C@@H]1O[C@H]([C@H](O)CO)C/C=C\C[C@@H]1OCc1ccccc1)(c1ccccc1)c1ccccc1. The van der Waals surface area contributed by atoms with Crippen LogP contribution in [0.25, 0.3) is 0 Å². The first-order valence-electron chi connectivity index (χ1n) is 14.3. The molecule has 40 heavy (non-hydrogen) atoms. The largest absolute Gasteiger partial charge is 0.407 e. The van der Waals surface area contributed by atoms with Gasteiger partial charge in [-0.3, -0.25) is 0 Å². The summed E-state index contributed by atoms with van der Waals surface area (Å²) in [7, 11) is -2.69. The molecule has 214 valence electrons. The molecule has 4 rings (SSSR count). The molecule has 6 heteroatoms. The van der Waals surface area contributed by atoms with E-state index < -0.39 is 20.5 Å². The monoisotopic (exact) mass is 560 g/mol. The maximum Gasteiger partial charge on any atom is 0.261 e. The Hall–Kier alpha value is -2.58. The second-order valence-corrected chi connectivity index (χ2v) is 15.8. The van der Waals surface area contributed by atoms with E-state index in [1.165, 1.54) is 10.4 Å². The first-order valence-corrected chi connectivity index (χ1v) is 16.3. The fourth-order valence-electron chi connectivity index (χ4n) is 5.64. The predicted molar refractivity (Wildman–Crippen MR) is 163 cm³/mol. The quantitative estimate of drug-likeness (QED) is 0.255. The van der Waals surface area contributed by atoms with E-state index >= 15 is 0 Å². The van der Waals surface area contributed by atoms with Gasteiger partial charge >= 0.3 is 0 Å². The summed E-state index contributed by atoms with van der Waals surface area (Å²) in [5, 5.41) is 22.5. The Morgan fingerprint density at radius 2 is 1.40 bits per heavy atom. The van der Waals surface area contributed by atoms with Crippen LogP contribution < -0.4 is 10.4 Å². The van der Waals surface area contributed by atoms with Crippen LogP contribution in [0, 0.1) is 0 Å². The van der Waals surface area contributed by atoms with Crippen LogP contribution in [0.4, 0.5) is 0 Å². The lowest BCUT2D eigenvalue weighted by Crippen LogP contribution is -2.66. The Kier molecular flexibility index (Phi) is 10.9. The number of hydrogen-bond acceptors (Lipinski definition) is 5. The van der Waals surface area contributed by atoms with Gasteiger partial charge < -0.3 is 24.1 Å². The average Bonchev–Trinajstić information content (AvgIpc) is 2.96. The topological polar surface area (TPSA) is 68.2 Å². The molecule has 0 bridgehead atoms. The van der Waals surface area contributed by atoms with Crippen molar-refractivity contribution in [3.05, 3.63) is 109 Å². The summed E-state index contributed by atoms with van der Waals surface area (Å²) in [6.07, 6.45) is 3.97. The molecule has 0 spiro atoms. The first-order chi connectivity index (χ1) is 19.3. The summed E-state index contributed by atoms with van der Waals surface area (Å²) in [4.78, 5) is 0. The van der Waals surface area contributed by atoms with Crippen LogP contribution in [0.1, 0.15) is 45.6 Å². The number of aliphatic hydroxyl groups excluding tert-OH is 2. The van der Waals surface area contributed by atoms with Gasteiger partial charge in [0, 0.05) is 6.61 Å².